The van der Waals surface area contributed by atoms with E-state index in [1.807, 2.05) is 0 Å². The molecule has 3 N–H and O–H groups in total. The maximum Gasteiger partial charge on any atom is 0.269 e. The highest BCUT2D eigenvalue weighted by Gasteiger charge is 2.10. The van der Waals surface area contributed by atoms with Crippen molar-refractivity contribution in [3.63, 3.8) is 0 Å². The van der Waals surface area contributed by atoms with Crippen molar-refractivity contribution in [3.05, 3.63) is 99.1 Å². The van der Waals surface area contributed by atoms with E-state index in [0.29, 0.717) is 22.0 Å². The molecule has 0 saturated carbocycles. The number of nitro benzene ring substituents is 1. The number of nitrogens with zero attached hydrogens (tertiary/aromatic N) is 1. The molecule has 0 aromatic heterocycles. The molecule has 9 heteroatoms. The molecule has 146 valence electrons. The van der Waals surface area contributed by atoms with Crippen LogP contribution in [0.25, 0.3) is 0 Å². The minimum atomic E-state index is -0.537. The van der Waals surface area contributed by atoms with Gasteiger partial charge in [-0.25, -0.2) is 0 Å². The summed E-state index contributed by atoms with van der Waals surface area (Å²) in [7, 11) is 0. The molecule has 3 aromatic carbocycles. The Labute approximate surface area is 170 Å². The van der Waals surface area contributed by atoms with Crippen LogP contribution in [0.3, 0.4) is 0 Å². The number of hydrazine groups is 1. The van der Waals surface area contributed by atoms with Crippen LogP contribution in [0, 0.1) is 10.1 Å². The van der Waals surface area contributed by atoms with Gasteiger partial charge < -0.3 is 5.32 Å². The summed E-state index contributed by atoms with van der Waals surface area (Å²) in [6.45, 7) is 0. The number of nitrogens with one attached hydrogen (secondary N) is 3. The van der Waals surface area contributed by atoms with Crippen LogP contribution in [-0.4, -0.2) is 16.7 Å². The predicted octanol–water partition coefficient (Wildman–Crippen LogP) is 4.26. The van der Waals surface area contributed by atoms with Crippen molar-refractivity contribution in [2.24, 2.45) is 0 Å². The lowest BCUT2D eigenvalue weighted by molar-refractivity contribution is -0.384. The van der Waals surface area contributed by atoms with Crippen molar-refractivity contribution >= 4 is 40.5 Å². The number of amides is 2. The third-order valence-corrected chi connectivity index (χ3v) is 4.16. The Morgan fingerprint density at radius 3 is 1.86 bits per heavy atom. The van der Waals surface area contributed by atoms with E-state index in [0.717, 1.165) is 0 Å². The molecule has 0 unspecified atom stereocenters. The molecule has 3 rings (SSSR count). The van der Waals surface area contributed by atoms with Crippen molar-refractivity contribution in [2.45, 2.75) is 0 Å². The van der Waals surface area contributed by atoms with Crippen molar-refractivity contribution in [3.8, 4) is 0 Å². The summed E-state index contributed by atoms with van der Waals surface area (Å²) >= 11 is 5.82. The number of carbonyl (C=O) groups excluding carboxylic acids is 2. The summed E-state index contributed by atoms with van der Waals surface area (Å²) in [5, 5.41) is 14.0. The number of nitro groups is 1. The van der Waals surface area contributed by atoms with Crippen LogP contribution in [0.2, 0.25) is 5.02 Å². The molecule has 0 heterocycles. The lowest BCUT2D eigenvalue weighted by Gasteiger charge is -2.10. The zero-order chi connectivity index (χ0) is 20.8. The first-order chi connectivity index (χ1) is 13.9. The second kappa shape index (κ2) is 8.85. The average molecular weight is 411 g/mol. The van der Waals surface area contributed by atoms with E-state index in [9.17, 15) is 19.7 Å². The van der Waals surface area contributed by atoms with E-state index >= 15 is 0 Å². The average Bonchev–Trinajstić information content (AvgIpc) is 2.74. The van der Waals surface area contributed by atoms with Crippen molar-refractivity contribution in [1.82, 2.24) is 5.43 Å². The zero-order valence-corrected chi connectivity index (χ0v) is 15.6. The number of carbonyl (C=O) groups is 2. The van der Waals surface area contributed by atoms with Gasteiger partial charge in [-0.2, -0.15) is 0 Å². The number of halogens is 1. The van der Waals surface area contributed by atoms with E-state index in [2.05, 4.69) is 16.2 Å². The molecule has 0 atom stereocenters. The summed E-state index contributed by atoms with van der Waals surface area (Å²) in [5.74, 6) is -0.738. The first kappa shape index (κ1) is 19.8. The van der Waals surface area contributed by atoms with Gasteiger partial charge in [-0.1, -0.05) is 11.6 Å². The second-order valence-corrected chi connectivity index (χ2v) is 6.36. The Bertz CT molecular complexity index is 1040. The maximum absolute atomic E-state index is 12.3. The van der Waals surface area contributed by atoms with Crippen LogP contribution < -0.4 is 16.2 Å². The Morgan fingerprint density at radius 2 is 1.28 bits per heavy atom. The van der Waals surface area contributed by atoms with Gasteiger partial charge in [0.25, 0.3) is 17.5 Å². The van der Waals surface area contributed by atoms with Gasteiger partial charge in [-0.05, 0) is 60.7 Å². The van der Waals surface area contributed by atoms with Gasteiger partial charge in [0.1, 0.15) is 0 Å². The summed E-state index contributed by atoms with van der Waals surface area (Å²) in [6.07, 6.45) is 0. The van der Waals surface area contributed by atoms with Gasteiger partial charge >= 0.3 is 0 Å². The van der Waals surface area contributed by atoms with Gasteiger partial charge in [0.15, 0.2) is 0 Å². The molecule has 0 aliphatic carbocycles. The van der Waals surface area contributed by atoms with Gasteiger partial charge in [-0.3, -0.25) is 30.6 Å². The number of non-ortho nitro benzene ring substituents is 1. The summed E-state index contributed by atoms with van der Waals surface area (Å²) in [4.78, 5) is 34.4. The smallest absolute Gasteiger partial charge is 0.269 e. The van der Waals surface area contributed by atoms with E-state index in [1.165, 1.54) is 24.3 Å². The van der Waals surface area contributed by atoms with Crippen LogP contribution in [0.5, 0.6) is 0 Å². The molecular formula is C20H15ClN4O4. The lowest BCUT2D eigenvalue weighted by Crippen LogP contribution is -2.29. The molecule has 0 fully saturated rings. The van der Waals surface area contributed by atoms with Gasteiger partial charge in [0.05, 0.1) is 10.6 Å². The molecule has 0 radical (unpaired) electrons. The number of benzene rings is 3. The number of rotatable bonds is 6. The van der Waals surface area contributed by atoms with Crippen molar-refractivity contribution in [2.75, 3.05) is 10.7 Å². The summed E-state index contributed by atoms with van der Waals surface area (Å²) in [6, 6.07) is 18.4. The number of anilines is 2. The van der Waals surface area contributed by atoms with Crippen LogP contribution >= 0.6 is 11.6 Å². The van der Waals surface area contributed by atoms with E-state index in [-0.39, 0.29) is 17.2 Å². The molecule has 2 amide bonds. The highest BCUT2D eigenvalue weighted by atomic mass is 35.5. The molecule has 0 saturated heterocycles. The van der Waals surface area contributed by atoms with Gasteiger partial charge in [0, 0.05) is 34.0 Å². The van der Waals surface area contributed by atoms with Crippen LogP contribution in [0.15, 0.2) is 72.8 Å². The Kier molecular flexibility index (Phi) is 6.06. The third kappa shape index (κ3) is 5.30. The molecule has 0 aliphatic rings. The largest absolute Gasteiger partial charge is 0.322 e. The number of hydrogen-bond donors (Lipinski definition) is 3. The summed E-state index contributed by atoms with van der Waals surface area (Å²) < 4.78 is 0. The van der Waals surface area contributed by atoms with Crippen molar-refractivity contribution < 1.29 is 14.5 Å². The summed E-state index contributed by atoms with van der Waals surface area (Å²) in [5.41, 5.74) is 7.00. The zero-order valence-electron chi connectivity index (χ0n) is 14.9. The fraction of sp³-hybridized carbons (Fsp3) is 0. The maximum atomic E-state index is 12.3. The highest BCUT2D eigenvalue weighted by Crippen LogP contribution is 2.16. The topological polar surface area (TPSA) is 113 Å². The normalized spacial score (nSPS) is 10.1. The molecule has 0 aliphatic heterocycles. The molecular weight excluding hydrogens is 396 g/mol. The minimum absolute atomic E-state index is 0.0954. The Morgan fingerprint density at radius 1 is 0.759 bits per heavy atom. The Hall–Kier alpha value is -3.91. The lowest BCUT2D eigenvalue weighted by atomic mass is 10.2. The molecule has 0 bridgehead atoms. The van der Waals surface area contributed by atoms with Gasteiger partial charge in [0.2, 0.25) is 0 Å². The fourth-order valence-corrected chi connectivity index (χ4v) is 2.50. The fourth-order valence-electron chi connectivity index (χ4n) is 2.38. The molecule has 8 nitrogen and oxygen atoms in total. The monoisotopic (exact) mass is 410 g/mol. The van der Waals surface area contributed by atoms with E-state index in [1.54, 1.807) is 48.5 Å². The first-order valence-corrected chi connectivity index (χ1v) is 8.78. The minimum Gasteiger partial charge on any atom is -0.322 e. The van der Waals surface area contributed by atoms with E-state index < -0.39 is 10.8 Å². The highest BCUT2D eigenvalue weighted by molar-refractivity contribution is 6.30. The van der Waals surface area contributed by atoms with Gasteiger partial charge in [-0.15, -0.1) is 0 Å². The Balaban J connectivity index is 1.55. The van der Waals surface area contributed by atoms with Crippen molar-refractivity contribution in [1.29, 1.82) is 0 Å². The number of hydrogen-bond acceptors (Lipinski definition) is 5. The van der Waals surface area contributed by atoms with Crippen LogP contribution in [-0.2, 0) is 0 Å². The SMILES string of the molecule is O=C(NNc1ccc(C(=O)Nc2ccc(Cl)cc2)cc1)c1ccc([N+](=O)[O-])cc1. The third-order valence-electron chi connectivity index (χ3n) is 3.91. The quantitative estimate of drug-likeness (QED) is 0.415. The standard InChI is InChI=1S/C20H15ClN4O4/c21-15-5-9-16(10-6-15)22-19(26)13-1-7-17(8-2-13)23-24-20(27)14-3-11-18(12-4-14)25(28)29/h1-12,23H,(H,22,26)(H,24,27). The molecule has 29 heavy (non-hydrogen) atoms. The molecule has 3 aromatic rings. The van der Waals surface area contributed by atoms with Crippen LogP contribution in [0.1, 0.15) is 20.7 Å². The molecule has 0 spiro atoms. The van der Waals surface area contributed by atoms with Crippen LogP contribution in [0.4, 0.5) is 17.1 Å². The predicted molar refractivity (Wildman–Crippen MR) is 110 cm³/mol. The van der Waals surface area contributed by atoms with E-state index in [4.69, 9.17) is 11.6 Å². The first-order valence-electron chi connectivity index (χ1n) is 8.40. The second-order valence-electron chi connectivity index (χ2n) is 5.92.